The summed E-state index contributed by atoms with van der Waals surface area (Å²) in [5.41, 5.74) is 2.91. The van der Waals surface area contributed by atoms with E-state index in [0.717, 1.165) is 54.2 Å². The highest BCUT2D eigenvalue weighted by Crippen LogP contribution is 2.23. The van der Waals surface area contributed by atoms with Crippen LogP contribution in [0.2, 0.25) is 0 Å². The van der Waals surface area contributed by atoms with Gasteiger partial charge in [0.15, 0.2) is 0 Å². The molecule has 0 amide bonds. The van der Waals surface area contributed by atoms with Crippen LogP contribution in [0.5, 0.6) is 5.75 Å². The molecule has 1 aliphatic heterocycles. The summed E-state index contributed by atoms with van der Waals surface area (Å²) in [6.07, 6.45) is 3.84. The van der Waals surface area contributed by atoms with Gasteiger partial charge in [-0.25, -0.2) is 4.79 Å². The molecule has 2 aromatic rings. The van der Waals surface area contributed by atoms with Crippen LogP contribution in [0.3, 0.4) is 0 Å². The normalized spacial score (nSPS) is 14.0. The summed E-state index contributed by atoms with van der Waals surface area (Å²) in [6.45, 7) is 0.877. The van der Waals surface area contributed by atoms with Crippen LogP contribution in [-0.4, -0.2) is 23.6 Å². The molecule has 1 aliphatic rings. The van der Waals surface area contributed by atoms with Gasteiger partial charge >= 0.3 is 5.69 Å². The maximum absolute atomic E-state index is 11.8. The highest BCUT2D eigenvalue weighted by molar-refractivity contribution is 5.48. The second-order valence-electron chi connectivity index (χ2n) is 5.26. The van der Waals surface area contributed by atoms with Gasteiger partial charge in [0.1, 0.15) is 11.6 Å². The maximum Gasteiger partial charge on any atom is 0.347 e. The number of aromatic nitrogens is 2. The first-order valence-corrected chi connectivity index (χ1v) is 7.25. The summed E-state index contributed by atoms with van der Waals surface area (Å²) in [5, 5.41) is 3.26. The van der Waals surface area contributed by atoms with Crippen molar-refractivity contribution in [3.8, 4) is 5.75 Å². The molecule has 2 N–H and O–H groups in total. The number of ether oxygens (including phenoxy) is 1. The third-order valence-electron chi connectivity index (χ3n) is 3.78. The number of nitrogens with zero attached hydrogens (tertiary/aromatic N) is 1. The molecule has 5 nitrogen and oxygen atoms in total. The average molecular weight is 285 g/mol. The number of aromatic amines is 1. The number of H-pyrrole nitrogens is 1. The summed E-state index contributed by atoms with van der Waals surface area (Å²) >= 11 is 0. The zero-order valence-electron chi connectivity index (χ0n) is 12.1. The van der Waals surface area contributed by atoms with Gasteiger partial charge in [0.2, 0.25) is 0 Å². The molecular weight excluding hydrogens is 266 g/mol. The van der Waals surface area contributed by atoms with Crippen LogP contribution in [0, 0.1) is 0 Å². The van der Waals surface area contributed by atoms with Gasteiger partial charge in [-0.05, 0) is 37.0 Å². The van der Waals surface area contributed by atoms with Crippen LogP contribution >= 0.6 is 0 Å². The molecule has 0 aliphatic carbocycles. The minimum atomic E-state index is -0.291. The van der Waals surface area contributed by atoms with E-state index in [9.17, 15) is 4.79 Å². The average Bonchev–Trinajstić information content (AvgIpc) is 2.73. The quantitative estimate of drug-likeness (QED) is 0.906. The zero-order valence-corrected chi connectivity index (χ0v) is 12.1. The molecule has 21 heavy (non-hydrogen) atoms. The molecule has 1 aromatic carbocycles. The van der Waals surface area contributed by atoms with Gasteiger partial charge in [-0.1, -0.05) is 12.1 Å². The van der Waals surface area contributed by atoms with Crippen molar-refractivity contribution >= 4 is 5.82 Å². The Morgan fingerprint density at radius 3 is 3.10 bits per heavy atom. The molecule has 0 saturated carbocycles. The van der Waals surface area contributed by atoms with Crippen LogP contribution in [0.25, 0.3) is 0 Å². The summed E-state index contributed by atoms with van der Waals surface area (Å²) in [6, 6.07) is 7.91. The lowest BCUT2D eigenvalue weighted by atomic mass is 10.0. The summed E-state index contributed by atoms with van der Waals surface area (Å²) in [7, 11) is 1.66. The molecule has 0 fully saturated rings. The molecule has 3 rings (SSSR count). The van der Waals surface area contributed by atoms with E-state index in [0.29, 0.717) is 6.42 Å². The summed E-state index contributed by atoms with van der Waals surface area (Å²) in [5.74, 6) is 1.57. The largest absolute Gasteiger partial charge is 0.497 e. The molecule has 0 saturated heterocycles. The van der Waals surface area contributed by atoms with E-state index in [2.05, 4.69) is 15.3 Å². The molecule has 0 atom stereocenters. The van der Waals surface area contributed by atoms with Crippen molar-refractivity contribution in [2.45, 2.75) is 25.7 Å². The molecule has 0 bridgehead atoms. The number of hydrogen-bond acceptors (Lipinski definition) is 4. The standard InChI is InChI=1S/C16H19N3O2/c1-21-12-6-4-5-11(9-12)10-14-13-7-2-3-8-17-15(13)19-16(20)18-14/h4-6,9H,2-3,7-8,10H2,1H3,(H2,17,18,19,20). The molecule has 110 valence electrons. The second-order valence-corrected chi connectivity index (χ2v) is 5.26. The molecular formula is C16H19N3O2. The Bertz CT molecular complexity index is 694. The Morgan fingerprint density at radius 2 is 2.24 bits per heavy atom. The van der Waals surface area contributed by atoms with Gasteiger partial charge in [-0.3, -0.25) is 0 Å². The minimum absolute atomic E-state index is 0.291. The van der Waals surface area contributed by atoms with E-state index >= 15 is 0 Å². The number of nitrogens with one attached hydrogen (secondary N) is 2. The highest BCUT2D eigenvalue weighted by Gasteiger charge is 2.15. The maximum atomic E-state index is 11.8. The smallest absolute Gasteiger partial charge is 0.347 e. The van der Waals surface area contributed by atoms with Crippen LogP contribution in [0.1, 0.15) is 29.7 Å². The number of hydrogen-bond donors (Lipinski definition) is 2. The first kappa shape index (κ1) is 13.7. The lowest BCUT2D eigenvalue weighted by Crippen LogP contribution is -2.19. The van der Waals surface area contributed by atoms with E-state index in [1.807, 2.05) is 24.3 Å². The molecule has 5 heteroatoms. The number of rotatable bonds is 3. The summed E-state index contributed by atoms with van der Waals surface area (Å²) in [4.78, 5) is 18.7. The predicted octanol–water partition coefficient (Wildman–Crippen LogP) is 2.12. The first-order chi connectivity index (χ1) is 10.3. The van der Waals surface area contributed by atoms with Crippen molar-refractivity contribution in [2.75, 3.05) is 19.0 Å². The van der Waals surface area contributed by atoms with E-state index in [-0.39, 0.29) is 5.69 Å². The van der Waals surface area contributed by atoms with Crippen LogP contribution in [0.15, 0.2) is 29.1 Å². The van der Waals surface area contributed by atoms with Crippen molar-refractivity contribution in [1.82, 2.24) is 9.97 Å². The Kier molecular flexibility index (Phi) is 3.90. The fourth-order valence-electron chi connectivity index (χ4n) is 2.73. The SMILES string of the molecule is COc1cccc(Cc2[nH]c(=O)nc3c2CCCCN3)c1. The van der Waals surface area contributed by atoms with Gasteiger partial charge in [0.25, 0.3) is 0 Å². The van der Waals surface area contributed by atoms with Gasteiger partial charge in [-0.15, -0.1) is 0 Å². The lowest BCUT2D eigenvalue weighted by molar-refractivity contribution is 0.414. The van der Waals surface area contributed by atoms with Crippen molar-refractivity contribution in [3.63, 3.8) is 0 Å². The van der Waals surface area contributed by atoms with E-state index in [1.165, 1.54) is 0 Å². The van der Waals surface area contributed by atoms with E-state index < -0.39 is 0 Å². The third-order valence-corrected chi connectivity index (χ3v) is 3.78. The number of methoxy groups -OCH3 is 1. The molecule has 2 heterocycles. The van der Waals surface area contributed by atoms with Crippen LogP contribution in [0.4, 0.5) is 5.82 Å². The lowest BCUT2D eigenvalue weighted by Gasteiger charge is -2.12. The Hall–Kier alpha value is -2.30. The van der Waals surface area contributed by atoms with E-state index in [1.54, 1.807) is 7.11 Å². The van der Waals surface area contributed by atoms with Crippen molar-refractivity contribution in [2.24, 2.45) is 0 Å². The van der Waals surface area contributed by atoms with Gasteiger partial charge in [0, 0.05) is 24.2 Å². The van der Waals surface area contributed by atoms with Gasteiger partial charge < -0.3 is 15.0 Å². The number of benzene rings is 1. The first-order valence-electron chi connectivity index (χ1n) is 7.25. The topological polar surface area (TPSA) is 67.0 Å². The van der Waals surface area contributed by atoms with Crippen molar-refractivity contribution in [1.29, 1.82) is 0 Å². The molecule has 0 spiro atoms. The van der Waals surface area contributed by atoms with Gasteiger partial charge in [0.05, 0.1) is 7.11 Å². The predicted molar refractivity (Wildman–Crippen MR) is 82.1 cm³/mol. The third kappa shape index (κ3) is 3.07. The summed E-state index contributed by atoms with van der Waals surface area (Å²) < 4.78 is 5.25. The number of anilines is 1. The Labute approximate surface area is 123 Å². The van der Waals surface area contributed by atoms with Crippen LogP contribution in [-0.2, 0) is 12.8 Å². The molecule has 0 radical (unpaired) electrons. The van der Waals surface area contributed by atoms with Gasteiger partial charge in [-0.2, -0.15) is 4.98 Å². The molecule has 1 aromatic heterocycles. The Morgan fingerprint density at radius 1 is 1.33 bits per heavy atom. The monoisotopic (exact) mass is 285 g/mol. The zero-order chi connectivity index (χ0) is 14.7. The minimum Gasteiger partial charge on any atom is -0.497 e. The van der Waals surface area contributed by atoms with Crippen molar-refractivity contribution in [3.05, 3.63) is 51.6 Å². The second kappa shape index (κ2) is 5.99. The number of fused-ring (bicyclic) bond motifs is 1. The molecule has 0 unspecified atom stereocenters. The highest BCUT2D eigenvalue weighted by atomic mass is 16.5. The fraction of sp³-hybridized carbons (Fsp3) is 0.375. The van der Waals surface area contributed by atoms with E-state index in [4.69, 9.17) is 4.74 Å². The van der Waals surface area contributed by atoms with Crippen LogP contribution < -0.4 is 15.7 Å². The van der Waals surface area contributed by atoms with Crippen molar-refractivity contribution < 1.29 is 4.74 Å². The fourth-order valence-corrected chi connectivity index (χ4v) is 2.73. The Balaban J connectivity index is 1.97.